The molecule has 0 bridgehead atoms. The Bertz CT molecular complexity index is 1340. The zero-order valence-corrected chi connectivity index (χ0v) is 16.4. The SMILES string of the molecule is O=C(Nc1ccccc1-c1csc(-c2ccccc2F)n1)c1cc2ccccc2o1. The van der Waals surface area contributed by atoms with Gasteiger partial charge in [0.05, 0.1) is 11.4 Å². The first kappa shape index (κ1) is 18.3. The smallest absolute Gasteiger partial charge is 0.291 e. The summed E-state index contributed by atoms with van der Waals surface area (Å²) >= 11 is 1.36. The monoisotopic (exact) mass is 414 g/mol. The van der Waals surface area contributed by atoms with Crippen LogP contribution in [0.15, 0.2) is 88.7 Å². The Balaban J connectivity index is 1.46. The molecule has 0 saturated carbocycles. The van der Waals surface area contributed by atoms with Gasteiger partial charge in [0.25, 0.3) is 5.91 Å². The molecule has 0 aliphatic heterocycles. The molecule has 0 aliphatic carbocycles. The van der Waals surface area contributed by atoms with Gasteiger partial charge in [0.2, 0.25) is 0 Å². The number of fused-ring (bicyclic) bond motifs is 1. The Morgan fingerprint density at radius 3 is 2.50 bits per heavy atom. The van der Waals surface area contributed by atoms with E-state index in [0.29, 0.717) is 27.5 Å². The van der Waals surface area contributed by atoms with Crippen molar-refractivity contribution >= 4 is 33.9 Å². The number of carbonyl (C=O) groups is 1. The first-order chi connectivity index (χ1) is 14.7. The van der Waals surface area contributed by atoms with Gasteiger partial charge in [-0.15, -0.1) is 11.3 Å². The van der Waals surface area contributed by atoms with E-state index in [2.05, 4.69) is 10.3 Å². The van der Waals surface area contributed by atoms with Crippen molar-refractivity contribution in [1.29, 1.82) is 0 Å². The van der Waals surface area contributed by atoms with E-state index in [4.69, 9.17) is 4.42 Å². The third-order valence-corrected chi connectivity index (χ3v) is 5.58. The van der Waals surface area contributed by atoms with E-state index in [0.717, 1.165) is 10.9 Å². The highest BCUT2D eigenvalue weighted by Crippen LogP contribution is 2.34. The number of hydrogen-bond acceptors (Lipinski definition) is 4. The van der Waals surface area contributed by atoms with Crippen LogP contribution in [0, 0.1) is 5.82 Å². The number of rotatable bonds is 4. The second-order valence-electron chi connectivity index (χ2n) is 6.67. The molecule has 0 radical (unpaired) electrons. The second kappa shape index (κ2) is 7.57. The predicted octanol–water partition coefficient (Wildman–Crippen LogP) is 6.61. The van der Waals surface area contributed by atoms with Gasteiger partial charge in [-0.25, -0.2) is 9.37 Å². The fourth-order valence-electron chi connectivity index (χ4n) is 3.25. The maximum Gasteiger partial charge on any atom is 0.291 e. The van der Waals surface area contributed by atoms with Crippen LogP contribution in [0.4, 0.5) is 10.1 Å². The Kier molecular flexibility index (Phi) is 4.61. The van der Waals surface area contributed by atoms with Crippen LogP contribution in [0.5, 0.6) is 0 Å². The van der Waals surface area contributed by atoms with Crippen molar-refractivity contribution in [2.45, 2.75) is 0 Å². The molecule has 30 heavy (non-hydrogen) atoms. The van der Waals surface area contributed by atoms with Gasteiger partial charge in [-0.2, -0.15) is 0 Å². The number of halogens is 1. The number of hydrogen-bond donors (Lipinski definition) is 1. The van der Waals surface area contributed by atoms with E-state index in [9.17, 15) is 9.18 Å². The van der Waals surface area contributed by atoms with E-state index >= 15 is 0 Å². The molecule has 0 fully saturated rings. The maximum atomic E-state index is 14.1. The zero-order valence-electron chi connectivity index (χ0n) is 15.6. The Morgan fingerprint density at radius 1 is 0.933 bits per heavy atom. The van der Waals surface area contributed by atoms with Crippen LogP contribution >= 0.6 is 11.3 Å². The molecule has 146 valence electrons. The van der Waals surface area contributed by atoms with Gasteiger partial charge < -0.3 is 9.73 Å². The lowest BCUT2D eigenvalue weighted by Crippen LogP contribution is -2.11. The standard InChI is InChI=1S/C24H15FN2O2S/c25-18-10-4-2-8-16(18)24-27-20(14-30-24)17-9-3-5-11-19(17)26-23(28)22-13-15-7-1-6-12-21(15)29-22/h1-14H,(H,26,28). The first-order valence-corrected chi connectivity index (χ1v) is 10.2. The molecule has 3 aromatic carbocycles. The average Bonchev–Trinajstić information content (AvgIpc) is 3.42. The zero-order chi connectivity index (χ0) is 20.5. The van der Waals surface area contributed by atoms with E-state index in [1.807, 2.05) is 47.8 Å². The molecule has 0 unspecified atom stereocenters. The number of aromatic nitrogens is 1. The minimum absolute atomic E-state index is 0.233. The highest BCUT2D eigenvalue weighted by Gasteiger charge is 2.16. The minimum Gasteiger partial charge on any atom is -0.451 e. The summed E-state index contributed by atoms with van der Waals surface area (Å²) in [5.41, 5.74) is 3.13. The van der Waals surface area contributed by atoms with Gasteiger partial charge in [0, 0.05) is 21.9 Å². The molecule has 0 saturated heterocycles. The second-order valence-corrected chi connectivity index (χ2v) is 7.52. The lowest BCUT2D eigenvalue weighted by atomic mass is 10.1. The number of furan rings is 1. The summed E-state index contributed by atoms with van der Waals surface area (Å²) < 4.78 is 19.8. The molecule has 0 spiro atoms. The van der Waals surface area contributed by atoms with Crippen LogP contribution in [-0.4, -0.2) is 10.9 Å². The topological polar surface area (TPSA) is 55.1 Å². The summed E-state index contributed by atoms with van der Waals surface area (Å²) in [4.78, 5) is 17.4. The summed E-state index contributed by atoms with van der Waals surface area (Å²) in [5, 5.41) is 6.21. The molecule has 2 heterocycles. The van der Waals surface area contributed by atoms with Crippen LogP contribution in [-0.2, 0) is 0 Å². The van der Waals surface area contributed by atoms with Crippen molar-refractivity contribution in [3.63, 3.8) is 0 Å². The maximum absolute atomic E-state index is 14.1. The number of thiazole rings is 1. The molecule has 2 aromatic heterocycles. The van der Waals surface area contributed by atoms with Crippen molar-refractivity contribution < 1.29 is 13.6 Å². The van der Waals surface area contributed by atoms with E-state index < -0.39 is 0 Å². The predicted molar refractivity (Wildman–Crippen MR) is 117 cm³/mol. The quantitative estimate of drug-likeness (QED) is 0.360. The Labute approximate surface area is 175 Å². The highest BCUT2D eigenvalue weighted by molar-refractivity contribution is 7.13. The molecule has 1 amide bonds. The Morgan fingerprint density at radius 2 is 1.67 bits per heavy atom. The third kappa shape index (κ3) is 3.38. The number of benzene rings is 3. The van der Waals surface area contributed by atoms with Crippen molar-refractivity contribution in [1.82, 2.24) is 4.98 Å². The van der Waals surface area contributed by atoms with E-state index in [1.165, 1.54) is 17.4 Å². The fraction of sp³-hybridized carbons (Fsp3) is 0. The molecular weight excluding hydrogens is 399 g/mol. The van der Waals surface area contributed by atoms with Crippen LogP contribution in [0.2, 0.25) is 0 Å². The summed E-state index contributed by atoms with van der Waals surface area (Å²) in [6, 6.07) is 23.1. The molecule has 4 nitrogen and oxygen atoms in total. The van der Waals surface area contributed by atoms with Gasteiger partial charge in [-0.1, -0.05) is 48.5 Å². The Hall–Kier alpha value is -3.77. The minimum atomic E-state index is -0.344. The lowest BCUT2D eigenvalue weighted by molar-refractivity contribution is 0.0999. The summed E-state index contributed by atoms with van der Waals surface area (Å²) in [7, 11) is 0. The summed E-state index contributed by atoms with van der Waals surface area (Å²) in [6.07, 6.45) is 0. The largest absolute Gasteiger partial charge is 0.451 e. The van der Waals surface area contributed by atoms with Crippen molar-refractivity contribution in [3.05, 3.63) is 95.8 Å². The van der Waals surface area contributed by atoms with Crippen molar-refractivity contribution in [3.8, 4) is 21.8 Å². The van der Waals surface area contributed by atoms with E-state index in [1.54, 1.807) is 30.3 Å². The van der Waals surface area contributed by atoms with Gasteiger partial charge in [0.15, 0.2) is 5.76 Å². The summed E-state index contributed by atoms with van der Waals surface area (Å²) in [6.45, 7) is 0. The number of nitrogens with one attached hydrogen (secondary N) is 1. The number of amides is 1. The first-order valence-electron chi connectivity index (χ1n) is 9.29. The van der Waals surface area contributed by atoms with Crippen molar-refractivity contribution in [2.75, 3.05) is 5.32 Å². The third-order valence-electron chi connectivity index (χ3n) is 4.71. The molecule has 5 aromatic rings. The normalized spacial score (nSPS) is 11.0. The van der Waals surface area contributed by atoms with Gasteiger partial charge in [0.1, 0.15) is 16.4 Å². The van der Waals surface area contributed by atoms with Gasteiger partial charge in [-0.3, -0.25) is 4.79 Å². The van der Waals surface area contributed by atoms with Crippen LogP contribution in [0.1, 0.15) is 10.6 Å². The van der Waals surface area contributed by atoms with Gasteiger partial charge >= 0.3 is 0 Å². The van der Waals surface area contributed by atoms with Crippen molar-refractivity contribution in [2.24, 2.45) is 0 Å². The van der Waals surface area contributed by atoms with E-state index in [-0.39, 0.29) is 17.5 Å². The fourth-order valence-corrected chi connectivity index (χ4v) is 4.10. The summed E-state index contributed by atoms with van der Waals surface area (Å²) in [5.74, 6) is -0.426. The number of anilines is 1. The molecule has 5 rings (SSSR count). The van der Waals surface area contributed by atoms with Crippen LogP contribution in [0.3, 0.4) is 0 Å². The number of nitrogens with zero attached hydrogens (tertiary/aromatic N) is 1. The molecule has 6 heteroatoms. The van der Waals surface area contributed by atoms with Crippen LogP contribution < -0.4 is 5.32 Å². The van der Waals surface area contributed by atoms with Gasteiger partial charge in [-0.05, 0) is 30.3 Å². The molecular formula is C24H15FN2O2S. The van der Waals surface area contributed by atoms with Crippen LogP contribution in [0.25, 0.3) is 32.8 Å². The number of carbonyl (C=O) groups excluding carboxylic acids is 1. The average molecular weight is 414 g/mol. The molecule has 0 aliphatic rings. The molecule has 1 N–H and O–H groups in total. The highest BCUT2D eigenvalue weighted by atomic mass is 32.1. The molecule has 0 atom stereocenters. The number of para-hydroxylation sites is 2. The lowest BCUT2D eigenvalue weighted by Gasteiger charge is -2.08.